The maximum atomic E-state index is 12.5. The minimum atomic E-state index is -1.05. The van der Waals surface area contributed by atoms with E-state index in [1.165, 1.54) is 0 Å². The molecule has 0 aromatic rings. The molecule has 5 N–H and O–H groups in total. The standard InChI is InChI=1S/C16H28N4O4/c17-8-2-1-5-12(16(23)24)19-14(21)13-7-4-10-20(13)15(22)11-6-3-9-18-11/h11-13,18H,1-10,17H2,(H,19,21)(H,23,24). The van der Waals surface area contributed by atoms with Crippen LogP contribution >= 0.6 is 0 Å². The summed E-state index contributed by atoms with van der Waals surface area (Å²) in [5.41, 5.74) is 5.42. The van der Waals surface area contributed by atoms with Crippen LogP contribution in [0.3, 0.4) is 0 Å². The highest BCUT2D eigenvalue weighted by atomic mass is 16.4. The molecule has 0 spiro atoms. The first-order chi connectivity index (χ1) is 11.5. The first kappa shape index (κ1) is 18.7. The molecule has 3 unspecified atom stereocenters. The first-order valence-electron chi connectivity index (χ1n) is 8.81. The summed E-state index contributed by atoms with van der Waals surface area (Å²) >= 11 is 0. The van der Waals surface area contributed by atoms with Gasteiger partial charge in [-0.1, -0.05) is 0 Å². The van der Waals surface area contributed by atoms with Gasteiger partial charge in [-0.15, -0.1) is 0 Å². The second-order valence-electron chi connectivity index (χ2n) is 6.52. The monoisotopic (exact) mass is 340 g/mol. The van der Waals surface area contributed by atoms with E-state index in [0.717, 1.165) is 32.2 Å². The van der Waals surface area contributed by atoms with Gasteiger partial charge in [-0.25, -0.2) is 4.79 Å². The Morgan fingerprint density at radius 3 is 2.67 bits per heavy atom. The number of nitrogens with two attached hydrogens (primary N) is 1. The SMILES string of the molecule is NCCCCC(NC(=O)C1CCCN1C(=O)C1CCCN1)C(=O)O. The molecule has 0 saturated carbocycles. The Labute approximate surface area is 142 Å². The molecule has 0 aromatic carbocycles. The summed E-state index contributed by atoms with van der Waals surface area (Å²) in [7, 11) is 0. The van der Waals surface area contributed by atoms with Crippen molar-refractivity contribution in [3.8, 4) is 0 Å². The smallest absolute Gasteiger partial charge is 0.326 e. The molecule has 0 aliphatic carbocycles. The molecule has 2 amide bonds. The van der Waals surface area contributed by atoms with Gasteiger partial charge in [-0.3, -0.25) is 9.59 Å². The van der Waals surface area contributed by atoms with E-state index in [4.69, 9.17) is 5.73 Å². The molecule has 2 saturated heterocycles. The minimum absolute atomic E-state index is 0.0415. The Kier molecular flexibility index (Phi) is 6.99. The van der Waals surface area contributed by atoms with Crippen LogP contribution in [0.4, 0.5) is 0 Å². The summed E-state index contributed by atoms with van der Waals surface area (Å²) in [6, 6.07) is -1.69. The fourth-order valence-electron chi connectivity index (χ4n) is 3.42. The van der Waals surface area contributed by atoms with Gasteiger partial charge in [0.25, 0.3) is 0 Å². The van der Waals surface area contributed by atoms with Crippen LogP contribution in [0.5, 0.6) is 0 Å². The first-order valence-corrected chi connectivity index (χ1v) is 8.81. The molecule has 2 aliphatic rings. The second kappa shape index (κ2) is 8.98. The number of nitrogens with one attached hydrogen (secondary N) is 2. The number of hydrogen-bond donors (Lipinski definition) is 4. The van der Waals surface area contributed by atoms with Crippen LogP contribution < -0.4 is 16.4 Å². The van der Waals surface area contributed by atoms with Crippen molar-refractivity contribution in [1.29, 1.82) is 0 Å². The van der Waals surface area contributed by atoms with Gasteiger partial charge in [0.2, 0.25) is 11.8 Å². The molecular formula is C16H28N4O4. The highest BCUT2D eigenvalue weighted by Crippen LogP contribution is 2.21. The third kappa shape index (κ3) is 4.67. The maximum absolute atomic E-state index is 12.5. The molecule has 2 fully saturated rings. The minimum Gasteiger partial charge on any atom is -0.480 e. The summed E-state index contributed by atoms with van der Waals surface area (Å²) < 4.78 is 0. The second-order valence-corrected chi connectivity index (χ2v) is 6.52. The van der Waals surface area contributed by atoms with E-state index in [1.807, 2.05) is 0 Å². The highest BCUT2D eigenvalue weighted by Gasteiger charge is 2.38. The van der Waals surface area contributed by atoms with Gasteiger partial charge < -0.3 is 26.4 Å². The van der Waals surface area contributed by atoms with Gasteiger partial charge in [0, 0.05) is 6.54 Å². The van der Waals surface area contributed by atoms with Crippen molar-refractivity contribution in [3.63, 3.8) is 0 Å². The normalized spacial score (nSPS) is 24.8. The molecule has 2 aliphatic heterocycles. The van der Waals surface area contributed by atoms with Gasteiger partial charge in [0.15, 0.2) is 0 Å². The lowest BCUT2D eigenvalue weighted by Gasteiger charge is -2.27. The Morgan fingerprint density at radius 1 is 1.25 bits per heavy atom. The average molecular weight is 340 g/mol. The number of likely N-dealkylation sites (tertiary alicyclic amines) is 1. The molecule has 2 heterocycles. The summed E-state index contributed by atoms with van der Waals surface area (Å²) in [6.07, 6.45) is 4.82. The van der Waals surface area contributed by atoms with E-state index in [-0.39, 0.29) is 17.9 Å². The molecular weight excluding hydrogens is 312 g/mol. The Balaban J connectivity index is 1.93. The van der Waals surface area contributed by atoms with E-state index in [2.05, 4.69) is 10.6 Å². The lowest BCUT2D eigenvalue weighted by molar-refractivity contribution is -0.144. The number of carbonyl (C=O) groups is 3. The lowest BCUT2D eigenvalue weighted by Crippen LogP contribution is -2.53. The van der Waals surface area contributed by atoms with Gasteiger partial charge in [-0.05, 0) is 58.0 Å². The van der Waals surface area contributed by atoms with Gasteiger partial charge in [-0.2, -0.15) is 0 Å². The van der Waals surface area contributed by atoms with Crippen molar-refractivity contribution in [2.45, 2.75) is 63.1 Å². The van der Waals surface area contributed by atoms with E-state index in [1.54, 1.807) is 4.90 Å². The summed E-state index contributed by atoms with van der Waals surface area (Å²) in [4.78, 5) is 38.0. The predicted octanol–water partition coefficient (Wildman–Crippen LogP) is -0.572. The van der Waals surface area contributed by atoms with Gasteiger partial charge >= 0.3 is 5.97 Å². The molecule has 0 aromatic heterocycles. The Hall–Kier alpha value is -1.67. The average Bonchev–Trinajstić information content (AvgIpc) is 3.24. The highest BCUT2D eigenvalue weighted by molar-refractivity contribution is 5.92. The van der Waals surface area contributed by atoms with Crippen LogP contribution in [0.1, 0.15) is 44.9 Å². The number of carboxylic acids is 1. The fourth-order valence-corrected chi connectivity index (χ4v) is 3.42. The summed E-state index contributed by atoms with van der Waals surface area (Å²) in [5.74, 6) is -1.45. The van der Waals surface area contributed by atoms with Gasteiger partial charge in [0.1, 0.15) is 12.1 Å². The van der Waals surface area contributed by atoms with E-state index in [9.17, 15) is 19.5 Å². The molecule has 8 nitrogen and oxygen atoms in total. The van der Waals surface area contributed by atoms with E-state index >= 15 is 0 Å². The van der Waals surface area contributed by atoms with E-state index in [0.29, 0.717) is 32.4 Å². The molecule has 2 rings (SSSR count). The van der Waals surface area contributed by atoms with Crippen LogP contribution in [0.2, 0.25) is 0 Å². The number of carbonyl (C=O) groups excluding carboxylic acids is 2. The third-order valence-electron chi connectivity index (χ3n) is 4.76. The van der Waals surface area contributed by atoms with Crippen LogP contribution in [0.15, 0.2) is 0 Å². The maximum Gasteiger partial charge on any atom is 0.326 e. The van der Waals surface area contributed by atoms with Crippen LogP contribution in [0.25, 0.3) is 0 Å². The zero-order valence-corrected chi connectivity index (χ0v) is 14.0. The van der Waals surface area contributed by atoms with Crippen molar-refractivity contribution < 1.29 is 19.5 Å². The Morgan fingerprint density at radius 2 is 2.04 bits per heavy atom. The zero-order valence-electron chi connectivity index (χ0n) is 14.0. The van der Waals surface area contributed by atoms with Crippen molar-refractivity contribution in [3.05, 3.63) is 0 Å². The van der Waals surface area contributed by atoms with Gasteiger partial charge in [0.05, 0.1) is 6.04 Å². The number of hydrogen-bond acceptors (Lipinski definition) is 5. The predicted molar refractivity (Wildman–Crippen MR) is 88.2 cm³/mol. The number of carboxylic acid groups (broad SMARTS) is 1. The molecule has 136 valence electrons. The number of unbranched alkanes of at least 4 members (excludes halogenated alkanes) is 1. The number of rotatable bonds is 8. The van der Waals surface area contributed by atoms with Crippen LogP contribution in [-0.4, -0.2) is 65.5 Å². The molecule has 3 atom stereocenters. The molecule has 24 heavy (non-hydrogen) atoms. The zero-order chi connectivity index (χ0) is 17.5. The fraction of sp³-hybridized carbons (Fsp3) is 0.812. The lowest BCUT2D eigenvalue weighted by atomic mass is 10.1. The Bertz CT molecular complexity index is 465. The summed E-state index contributed by atoms with van der Waals surface area (Å²) in [5, 5.41) is 15.0. The quantitative estimate of drug-likeness (QED) is 0.439. The molecule has 0 bridgehead atoms. The van der Waals surface area contributed by atoms with E-state index < -0.39 is 18.1 Å². The third-order valence-corrected chi connectivity index (χ3v) is 4.76. The largest absolute Gasteiger partial charge is 0.480 e. The van der Waals surface area contributed by atoms with Crippen molar-refractivity contribution >= 4 is 17.8 Å². The molecule has 0 radical (unpaired) electrons. The topological polar surface area (TPSA) is 125 Å². The van der Waals surface area contributed by atoms with Crippen molar-refractivity contribution in [2.24, 2.45) is 5.73 Å². The van der Waals surface area contributed by atoms with Crippen molar-refractivity contribution in [2.75, 3.05) is 19.6 Å². The number of amides is 2. The number of nitrogens with zero attached hydrogens (tertiary/aromatic N) is 1. The van der Waals surface area contributed by atoms with Crippen LogP contribution in [0, 0.1) is 0 Å². The number of aliphatic carboxylic acids is 1. The summed E-state index contributed by atoms with van der Waals surface area (Å²) in [6.45, 7) is 1.88. The van der Waals surface area contributed by atoms with Crippen molar-refractivity contribution in [1.82, 2.24) is 15.5 Å². The molecule has 8 heteroatoms. The van der Waals surface area contributed by atoms with Crippen LogP contribution in [-0.2, 0) is 14.4 Å².